The molecule has 1 aliphatic rings. The zero-order valence-corrected chi connectivity index (χ0v) is 14.1. The minimum Gasteiger partial charge on any atom is -0.497 e. The fourth-order valence-electron chi connectivity index (χ4n) is 2.81. The highest BCUT2D eigenvalue weighted by Gasteiger charge is 2.42. The zero-order chi connectivity index (χ0) is 16.0. The van der Waals surface area contributed by atoms with E-state index in [1.807, 2.05) is 33.0 Å². The van der Waals surface area contributed by atoms with Gasteiger partial charge in [0.25, 0.3) is 10.1 Å². The Morgan fingerprint density at radius 3 is 2.62 bits per heavy atom. The molecule has 0 radical (unpaired) electrons. The van der Waals surface area contributed by atoms with Gasteiger partial charge in [-0.3, -0.25) is 4.55 Å². The number of fused-ring (bicyclic) bond motifs is 1. The second kappa shape index (κ2) is 5.34. The molecule has 21 heavy (non-hydrogen) atoms. The first-order chi connectivity index (χ1) is 9.58. The normalized spacial score (nSPS) is 22.6. The third kappa shape index (κ3) is 2.98. The van der Waals surface area contributed by atoms with Gasteiger partial charge in [-0.15, -0.1) is 11.6 Å². The van der Waals surface area contributed by atoms with E-state index >= 15 is 0 Å². The van der Waals surface area contributed by atoms with Crippen LogP contribution in [0.1, 0.15) is 31.7 Å². The fourth-order valence-corrected chi connectivity index (χ4v) is 3.69. The Morgan fingerprint density at radius 2 is 2.10 bits per heavy atom. The summed E-state index contributed by atoms with van der Waals surface area (Å²) in [6.45, 7) is 4.02. The molecule has 0 aliphatic carbocycles. The Bertz CT molecular complexity index is 644. The summed E-state index contributed by atoms with van der Waals surface area (Å²) in [7, 11) is -0.784. The molecule has 1 heterocycles. The van der Waals surface area contributed by atoms with Gasteiger partial charge >= 0.3 is 0 Å². The highest BCUT2D eigenvalue weighted by Crippen LogP contribution is 2.47. The van der Waals surface area contributed by atoms with Gasteiger partial charge in [-0.05, 0) is 31.9 Å². The summed E-state index contributed by atoms with van der Waals surface area (Å²) < 4.78 is 36.1. The van der Waals surface area contributed by atoms with Crippen LogP contribution in [0.15, 0.2) is 18.2 Å². The lowest BCUT2D eigenvalue weighted by Gasteiger charge is -2.46. The Labute approximate surface area is 130 Å². The third-order valence-corrected chi connectivity index (χ3v) is 6.10. The van der Waals surface area contributed by atoms with Gasteiger partial charge in [-0.1, -0.05) is 6.07 Å². The van der Waals surface area contributed by atoms with E-state index in [0.717, 1.165) is 11.3 Å². The predicted molar refractivity (Wildman–Crippen MR) is 84.0 cm³/mol. The molecular weight excluding hydrogens is 314 g/mol. The molecule has 1 N–H and O–H groups in total. The van der Waals surface area contributed by atoms with E-state index in [9.17, 15) is 13.0 Å². The molecule has 1 aromatic carbocycles. The van der Waals surface area contributed by atoms with Gasteiger partial charge < -0.3 is 9.64 Å². The number of alkyl halides is 1. The lowest BCUT2D eigenvalue weighted by Crippen LogP contribution is -2.48. The van der Waals surface area contributed by atoms with Gasteiger partial charge in [0.05, 0.1) is 7.11 Å². The quantitative estimate of drug-likeness (QED) is 0.680. The van der Waals surface area contributed by atoms with Gasteiger partial charge in [-0.2, -0.15) is 8.42 Å². The van der Waals surface area contributed by atoms with Crippen LogP contribution in [-0.2, 0) is 10.1 Å². The van der Waals surface area contributed by atoms with Crippen molar-refractivity contribution in [3.8, 4) is 5.75 Å². The molecule has 2 unspecified atom stereocenters. The minimum absolute atomic E-state index is 0.290. The average molecular weight is 334 g/mol. The van der Waals surface area contributed by atoms with Crippen molar-refractivity contribution < 1.29 is 17.7 Å². The van der Waals surface area contributed by atoms with Crippen molar-refractivity contribution in [2.24, 2.45) is 0 Å². The number of rotatable bonds is 3. The first kappa shape index (κ1) is 16.4. The van der Waals surface area contributed by atoms with Gasteiger partial charge in [0, 0.05) is 30.3 Å². The van der Waals surface area contributed by atoms with Gasteiger partial charge in [0.2, 0.25) is 0 Å². The van der Waals surface area contributed by atoms with Crippen LogP contribution in [0, 0.1) is 0 Å². The molecule has 0 amide bonds. The van der Waals surface area contributed by atoms with E-state index in [-0.39, 0.29) is 5.54 Å². The van der Waals surface area contributed by atoms with E-state index in [1.54, 1.807) is 13.2 Å². The predicted octanol–water partition coefficient (Wildman–Crippen LogP) is 2.85. The lowest BCUT2D eigenvalue weighted by molar-refractivity contribution is 0.378. The number of benzene rings is 1. The summed E-state index contributed by atoms with van der Waals surface area (Å²) in [6.07, 6.45) is 0.525. The van der Waals surface area contributed by atoms with Crippen LogP contribution in [0.2, 0.25) is 0 Å². The summed E-state index contributed by atoms with van der Waals surface area (Å²) in [6, 6.07) is 5.44. The van der Waals surface area contributed by atoms with Crippen LogP contribution in [-0.4, -0.2) is 37.4 Å². The molecule has 7 heteroatoms. The Hall–Kier alpha value is -0.980. The summed E-state index contributed by atoms with van der Waals surface area (Å²) in [5.41, 5.74) is 1.38. The molecule has 5 nitrogen and oxygen atoms in total. The first-order valence-electron chi connectivity index (χ1n) is 6.60. The SMILES string of the molecule is COc1ccc2c(c1)N(C)C(C)(C)CC2C(Cl)S(=O)(=O)O. The van der Waals surface area contributed by atoms with Crippen molar-refractivity contribution in [1.29, 1.82) is 0 Å². The lowest BCUT2D eigenvalue weighted by atomic mass is 9.80. The van der Waals surface area contributed by atoms with Crippen LogP contribution in [0.3, 0.4) is 0 Å². The summed E-state index contributed by atoms with van der Waals surface area (Å²) in [5, 5.41) is 0. The van der Waals surface area contributed by atoms with Crippen LogP contribution in [0.5, 0.6) is 5.75 Å². The van der Waals surface area contributed by atoms with Crippen molar-refractivity contribution in [3.05, 3.63) is 23.8 Å². The highest BCUT2D eigenvalue weighted by atomic mass is 35.5. The highest BCUT2D eigenvalue weighted by molar-refractivity contribution is 7.87. The average Bonchev–Trinajstić information content (AvgIpc) is 2.40. The van der Waals surface area contributed by atoms with E-state index in [1.165, 1.54) is 0 Å². The number of hydrogen-bond acceptors (Lipinski definition) is 4. The second-order valence-corrected chi connectivity index (χ2v) is 8.24. The van der Waals surface area contributed by atoms with Crippen LogP contribution >= 0.6 is 11.6 Å². The summed E-state index contributed by atoms with van der Waals surface area (Å²) >= 11 is 6.02. The van der Waals surface area contributed by atoms with Gasteiger partial charge in [0.1, 0.15) is 5.75 Å². The van der Waals surface area contributed by atoms with Crippen LogP contribution < -0.4 is 9.64 Å². The molecule has 0 spiro atoms. The molecule has 1 aromatic rings. The van der Waals surface area contributed by atoms with Crippen molar-refractivity contribution in [2.75, 3.05) is 19.1 Å². The van der Waals surface area contributed by atoms with E-state index in [0.29, 0.717) is 12.2 Å². The topological polar surface area (TPSA) is 66.8 Å². The molecule has 2 atom stereocenters. The van der Waals surface area contributed by atoms with E-state index < -0.39 is 20.7 Å². The maximum absolute atomic E-state index is 11.4. The van der Waals surface area contributed by atoms with Crippen molar-refractivity contribution in [3.63, 3.8) is 0 Å². The Balaban J connectivity index is 2.59. The molecule has 0 saturated carbocycles. The van der Waals surface area contributed by atoms with Crippen molar-refractivity contribution >= 4 is 27.4 Å². The fraction of sp³-hybridized carbons (Fsp3) is 0.571. The standard InChI is InChI=1S/C14H20ClNO4S/c1-14(2)8-11(13(15)21(17,18)19)10-6-5-9(20-4)7-12(10)16(14)3/h5-7,11,13H,8H2,1-4H3,(H,17,18,19). The molecule has 118 valence electrons. The maximum atomic E-state index is 11.4. The number of methoxy groups -OCH3 is 1. The molecule has 0 bridgehead atoms. The van der Waals surface area contributed by atoms with Crippen LogP contribution in [0.4, 0.5) is 5.69 Å². The monoisotopic (exact) mass is 333 g/mol. The molecule has 2 rings (SSSR count). The number of hydrogen-bond donors (Lipinski definition) is 1. The summed E-state index contributed by atoms with van der Waals surface area (Å²) in [4.78, 5) is 2.08. The Morgan fingerprint density at radius 1 is 1.48 bits per heavy atom. The minimum atomic E-state index is -4.31. The largest absolute Gasteiger partial charge is 0.497 e. The van der Waals surface area contributed by atoms with Gasteiger partial charge in [-0.25, -0.2) is 0 Å². The van der Waals surface area contributed by atoms with E-state index in [4.69, 9.17) is 16.3 Å². The molecule has 0 aromatic heterocycles. The smallest absolute Gasteiger partial charge is 0.282 e. The van der Waals surface area contributed by atoms with Crippen molar-refractivity contribution in [1.82, 2.24) is 0 Å². The van der Waals surface area contributed by atoms with Crippen LogP contribution in [0.25, 0.3) is 0 Å². The van der Waals surface area contributed by atoms with Gasteiger partial charge in [0.15, 0.2) is 4.71 Å². The third-order valence-electron chi connectivity index (χ3n) is 4.23. The molecule has 0 saturated heterocycles. The van der Waals surface area contributed by atoms with Crippen molar-refractivity contribution in [2.45, 2.75) is 36.4 Å². The Kier molecular flexibility index (Phi) is 4.17. The number of ether oxygens (including phenoxy) is 1. The molecule has 1 aliphatic heterocycles. The summed E-state index contributed by atoms with van der Waals surface area (Å²) in [5.74, 6) is 0.212. The number of halogens is 1. The van der Waals surface area contributed by atoms with E-state index in [2.05, 4.69) is 4.90 Å². The first-order valence-corrected chi connectivity index (χ1v) is 8.54. The molecular formula is C14H20ClNO4S. The maximum Gasteiger partial charge on any atom is 0.282 e. The number of anilines is 1. The molecule has 0 fully saturated rings. The number of nitrogens with zero attached hydrogens (tertiary/aromatic N) is 1. The second-order valence-electron chi connectivity index (χ2n) is 5.97. The zero-order valence-electron chi connectivity index (χ0n) is 12.5.